The number of rotatable bonds is 1. The van der Waals surface area contributed by atoms with Gasteiger partial charge in [-0.05, 0) is 30.7 Å². The molecule has 0 aliphatic heterocycles. The van der Waals surface area contributed by atoms with E-state index in [1.165, 1.54) is 5.56 Å². The van der Waals surface area contributed by atoms with Crippen molar-refractivity contribution >= 4 is 16.7 Å². The number of aryl methyl sites for hydroxylation is 2. The molecule has 0 radical (unpaired) electrons. The number of hydrogen-bond donors (Lipinski definition) is 1. The molecule has 0 spiro atoms. The first-order valence-corrected chi connectivity index (χ1v) is 5.95. The fourth-order valence-corrected chi connectivity index (χ4v) is 2.27. The number of fused-ring (bicyclic) bond motifs is 1. The lowest BCUT2D eigenvalue weighted by Crippen LogP contribution is -1.94. The first-order valence-electron chi connectivity index (χ1n) is 5.95. The maximum Gasteiger partial charge on any atom is 0.141 e. The molecule has 0 saturated carbocycles. The number of aromatic nitrogens is 2. The summed E-state index contributed by atoms with van der Waals surface area (Å²) in [6.07, 6.45) is 0. The van der Waals surface area contributed by atoms with Crippen LogP contribution in [-0.4, -0.2) is 9.55 Å². The fourth-order valence-electron chi connectivity index (χ4n) is 2.27. The molecule has 3 nitrogen and oxygen atoms in total. The van der Waals surface area contributed by atoms with E-state index in [2.05, 4.69) is 23.6 Å². The SMILES string of the molecule is Cc1ccccc1-c1nc2ccc(N)cc2n1C. The van der Waals surface area contributed by atoms with Crippen LogP contribution < -0.4 is 5.73 Å². The third kappa shape index (κ3) is 1.56. The zero-order chi connectivity index (χ0) is 12.7. The Kier molecular flexibility index (Phi) is 2.33. The van der Waals surface area contributed by atoms with Crippen LogP contribution in [0, 0.1) is 6.92 Å². The van der Waals surface area contributed by atoms with Gasteiger partial charge < -0.3 is 10.3 Å². The minimum absolute atomic E-state index is 0.766. The average molecular weight is 237 g/mol. The van der Waals surface area contributed by atoms with Crippen LogP contribution in [-0.2, 0) is 7.05 Å². The van der Waals surface area contributed by atoms with Crippen molar-refractivity contribution in [2.45, 2.75) is 6.92 Å². The van der Waals surface area contributed by atoms with Gasteiger partial charge in [0.1, 0.15) is 5.82 Å². The van der Waals surface area contributed by atoms with Crippen molar-refractivity contribution < 1.29 is 0 Å². The summed E-state index contributed by atoms with van der Waals surface area (Å²) in [4.78, 5) is 4.69. The van der Waals surface area contributed by atoms with Crippen molar-refractivity contribution in [3.63, 3.8) is 0 Å². The molecule has 1 aromatic heterocycles. The van der Waals surface area contributed by atoms with E-state index >= 15 is 0 Å². The number of imidazole rings is 1. The van der Waals surface area contributed by atoms with Gasteiger partial charge in [-0.25, -0.2) is 4.98 Å². The maximum atomic E-state index is 5.83. The van der Waals surface area contributed by atoms with Crippen molar-refractivity contribution in [2.24, 2.45) is 7.05 Å². The monoisotopic (exact) mass is 237 g/mol. The summed E-state index contributed by atoms with van der Waals surface area (Å²) in [6, 6.07) is 14.1. The summed E-state index contributed by atoms with van der Waals surface area (Å²) in [6.45, 7) is 2.10. The topological polar surface area (TPSA) is 43.8 Å². The molecule has 3 rings (SSSR count). The number of anilines is 1. The Morgan fingerprint density at radius 3 is 2.67 bits per heavy atom. The summed E-state index contributed by atoms with van der Waals surface area (Å²) in [5, 5.41) is 0. The minimum Gasteiger partial charge on any atom is -0.399 e. The highest BCUT2D eigenvalue weighted by Crippen LogP contribution is 2.26. The summed E-state index contributed by atoms with van der Waals surface area (Å²) >= 11 is 0. The third-order valence-electron chi connectivity index (χ3n) is 3.29. The molecule has 0 aliphatic carbocycles. The van der Waals surface area contributed by atoms with Crippen LogP contribution in [0.4, 0.5) is 5.69 Å². The second-order valence-electron chi connectivity index (χ2n) is 4.56. The second-order valence-corrected chi connectivity index (χ2v) is 4.56. The second kappa shape index (κ2) is 3.88. The zero-order valence-corrected chi connectivity index (χ0v) is 10.5. The van der Waals surface area contributed by atoms with Crippen LogP contribution in [0.15, 0.2) is 42.5 Å². The number of hydrogen-bond acceptors (Lipinski definition) is 2. The van der Waals surface area contributed by atoms with Crippen molar-refractivity contribution in [1.82, 2.24) is 9.55 Å². The quantitative estimate of drug-likeness (QED) is 0.661. The Morgan fingerprint density at radius 1 is 1.11 bits per heavy atom. The van der Waals surface area contributed by atoms with E-state index in [1.54, 1.807) is 0 Å². The molecule has 2 aromatic carbocycles. The number of nitrogens with two attached hydrogens (primary N) is 1. The van der Waals surface area contributed by atoms with Gasteiger partial charge in [-0.2, -0.15) is 0 Å². The smallest absolute Gasteiger partial charge is 0.141 e. The molecule has 0 bridgehead atoms. The van der Waals surface area contributed by atoms with E-state index in [4.69, 9.17) is 10.7 Å². The molecule has 3 heteroatoms. The highest BCUT2D eigenvalue weighted by Gasteiger charge is 2.11. The first kappa shape index (κ1) is 10.8. The summed E-state index contributed by atoms with van der Waals surface area (Å²) < 4.78 is 2.09. The molecule has 3 aromatic rings. The van der Waals surface area contributed by atoms with Crippen LogP contribution in [0.3, 0.4) is 0 Å². The standard InChI is InChI=1S/C15H15N3/c1-10-5-3-4-6-12(10)15-17-13-8-7-11(16)9-14(13)18(15)2/h3-9H,16H2,1-2H3. The lowest BCUT2D eigenvalue weighted by atomic mass is 10.1. The highest BCUT2D eigenvalue weighted by molar-refractivity contribution is 5.83. The number of benzene rings is 2. The van der Waals surface area contributed by atoms with E-state index in [0.29, 0.717) is 0 Å². The molecule has 0 atom stereocenters. The number of nitrogens with zero attached hydrogens (tertiary/aromatic N) is 2. The Labute approximate surface area is 106 Å². The van der Waals surface area contributed by atoms with Gasteiger partial charge in [0.2, 0.25) is 0 Å². The lowest BCUT2D eigenvalue weighted by molar-refractivity contribution is 0.957. The van der Waals surface area contributed by atoms with Crippen molar-refractivity contribution in [1.29, 1.82) is 0 Å². The predicted molar refractivity (Wildman–Crippen MR) is 75.3 cm³/mol. The third-order valence-corrected chi connectivity index (χ3v) is 3.29. The average Bonchev–Trinajstić information content (AvgIpc) is 2.68. The van der Waals surface area contributed by atoms with Crippen LogP contribution >= 0.6 is 0 Å². The van der Waals surface area contributed by atoms with E-state index in [0.717, 1.165) is 28.1 Å². The Morgan fingerprint density at radius 2 is 1.89 bits per heavy atom. The maximum absolute atomic E-state index is 5.83. The molecule has 90 valence electrons. The molecular formula is C15H15N3. The van der Waals surface area contributed by atoms with Gasteiger partial charge in [-0.15, -0.1) is 0 Å². The minimum atomic E-state index is 0.766. The summed E-state index contributed by atoms with van der Waals surface area (Å²) in [5.41, 5.74) is 11.0. The van der Waals surface area contributed by atoms with Gasteiger partial charge in [-0.1, -0.05) is 24.3 Å². The molecular weight excluding hydrogens is 222 g/mol. The molecule has 0 saturated heterocycles. The number of nitrogen functional groups attached to an aromatic ring is 1. The van der Waals surface area contributed by atoms with Crippen LogP contribution in [0.2, 0.25) is 0 Å². The zero-order valence-electron chi connectivity index (χ0n) is 10.5. The molecule has 18 heavy (non-hydrogen) atoms. The Balaban J connectivity index is 2.31. The van der Waals surface area contributed by atoms with E-state index < -0.39 is 0 Å². The fraction of sp³-hybridized carbons (Fsp3) is 0.133. The summed E-state index contributed by atoms with van der Waals surface area (Å²) in [7, 11) is 2.02. The summed E-state index contributed by atoms with van der Waals surface area (Å²) in [5.74, 6) is 0.980. The largest absolute Gasteiger partial charge is 0.399 e. The van der Waals surface area contributed by atoms with Crippen LogP contribution in [0.25, 0.3) is 22.4 Å². The van der Waals surface area contributed by atoms with E-state index in [9.17, 15) is 0 Å². The van der Waals surface area contributed by atoms with Crippen molar-refractivity contribution in [3.05, 3.63) is 48.0 Å². The van der Waals surface area contributed by atoms with Crippen LogP contribution in [0.5, 0.6) is 0 Å². The normalized spacial score (nSPS) is 11.0. The van der Waals surface area contributed by atoms with Gasteiger partial charge in [0.15, 0.2) is 0 Å². The Bertz CT molecular complexity index is 726. The van der Waals surface area contributed by atoms with Gasteiger partial charge >= 0.3 is 0 Å². The van der Waals surface area contributed by atoms with Gasteiger partial charge in [0.25, 0.3) is 0 Å². The van der Waals surface area contributed by atoms with E-state index in [-0.39, 0.29) is 0 Å². The predicted octanol–water partition coefficient (Wildman–Crippen LogP) is 3.13. The molecule has 0 fully saturated rings. The van der Waals surface area contributed by atoms with Gasteiger partial charge in [-0.3, -0.25) is 0 Å². The Hall–Kier alpha value is -2.29. The van der Waals surface area contributed by atoms with Gasteiger partial charge in [0, 0.05) is 18.3 Å². The van der Waals surface area contributed by atoms with Crippen molar-refractivity contribution in [3.8, 4) is 11.4 Å². The highest BCUT2D eigenvalue weighted by atomic mass is 15.1. The van der Waals surface area contributed by atoms with E-state index in [1.807, 2.05) is 37.4 Å². The van der Waals surface area contributed by atoms with Crippen molar-refractivity contribution in [2.75, 3.05) is 5.73 Å². The molecule has 2 N–H and O–H groups in total. The lowest BCUT2D eigenvalue weighted by Gasteiger charge is -2.05. The molecule has 0 amide bonds. The van der Waals surface area contributed by atoms with Crippen LogP contribution in [0.1, 0.15) is 5.56 Å². The van der Waals surface area contributed by atoms with Gasteiger partial charge in [0.05, 0.1) is 11.0 Å². The molecule has 1 heterocycles. The molecule has 0 unspecified atom stereocenters. The molecule has 0 aliphatic rings. The first-order chi connectivity index (χ1) is 8.66.